The molecule has 0 unspecified atom stereocenters. The molecule has 0 radical (unpaired) electrons. The van der Waals surface area contributed by atoms with Crippen LogP contribution in [0.3, 0.4) is 0 Å². The number of aliphatic imine (C=N–C) groups is 1. The summed E-state index contributed by atoms with van der Waals surface area (Å²) in [6, 6.07) is 14.1. The van der Waals surface area contributed by atoms with Crippen LogP contribution in [-0.4, -0.2) is 25.7 Å². The molecule has 1 aliphatic rings. The summed E-state index contributed by atoms with van der Waals surface area (Å²) in [5, 5.41) is 3.10. The van der Waals surface area contributed by atoms with Gasteiger partial charge in [0.2, 0.25) is 0 Å². The first kappa shape index (κ1) is 16.2. The number of nitrogens with two attached hydrogens (primary N) is 1. The third-order valence-electron chi connectivity index (χ3n) is 3.79. The van der Waals surface area contributed by atoms with Crippen molar-refractivity contribution >= 4 is 11.6 Å². The van der Waals surface area contributed by atoms with Gasteiger partial charge < -0.3 is 20.5 Å². The summed E-state index contributed by atoms with van der Waals surface area (Å²) in [5.41, 5.74) is 9.34. The van der Waals surface area contributed by atoms with E-state index in [1.807, 2.05) is 18.2 Å². The van der Waals surface area contributed by atoms with E-state index < -0.39 is 0 Å². The lowest BCUT2D eigenvalue weighted by Crippen LogP contribution is -2.23. The third-order valence-corrected chi connectivity index (χ3v) is 3.79. The zero-order valence-corrected chi connectivity index (χ0v) is 13.9. The van der Waals surface area contributed by atoms with Crippen molar-refractivity contribution in [1.82, 2.24) is 0 Å². The van der Waals surface area contributed by atoms with Crippen LogP contribution in [-0.2, 0) is 6.42 Å². The molecule has 2 aromatic rings. The van der Waals surface area contributed by atoms with E-state index in [2.05, 4.69) is 41.5 Å². The molecule has 0 aliphatic carbocycles. The van der Waals surface area contributed by atoms with Crippen molar-refractivity contribution in [3.63, 3.8) is 0 Å². The number of hydrogen-bond acceptors (Lipinski definition) is 3. The standard InChI is InChI=1S/C19H23N3O2/c1-14-4-2-5-15(12-14)8-9-21-19(20)22-16-6-7-17-18(13-16)24-11-3-10-23-17/h2,4-7,12-13H,3,8-11H2,1H3,(H3,20,21,22). The Kier molecular flexibility index (Phi) is 5.21. The van der Waals surface area contributed by atoms with E-state index in [1.54, 1.807) is 0 Å². The molecule has 0 saturated heterocycles. The van der Waals surface area contributed by atoms with Crippen LogP contribution in [0.2, 0.25) is 0 Å². The van der Waals surface area contributed by atoms with Gasteiger partial charge in [0.1, 0.15) is 0 Å². The Bertz CT molecular complexity index is 728. The summed E-state index contributed by atoms with van der Waals surface area (Å²) in [4.78, 5) is 4.39. The SMILES string of the molecule is Cc1cccc(CCN=C(N)Nc2ccc3c(c2)OCCCO3)c1. The highest BCUT2D eigenvalue weighted by molar-refractivity contribution is 5.92. The number of rotatable bonds is 4. The lowest BCUT2D eigenvalue weighted by atomic mass is 10.1. The fourth-order valence-electron chi connectivity index (χ4n) is 2.60. The second-order valence-electron chi connectivity index (χ2n) is 5.84. The van der Waals surface area contributed by atoms with Gasteiger partial charge in [-0.1, -0.05) is 29.8 Å². The molecule has 24 heavy (non-hydrogen) atoms. The number of nitrogens with one attached hydrogen (secondary N) is 1. The van der Waals surface area contributed by atoms with Gasteiger partial charge >= 0.3 is 0 Å². The first-order valence-corrected chi connectivity index (χ1v) is 8.23. The summed E-state index contributed by atoms with van der Waals surface area (Å²) in [6.07, 6.45) is 1.76. The predicted molar refractivity (Wildman–Crippen MR) is 97.0 cm³/mol. The number of nitrogens with zero attached hydrogens (tertiary/aromatic N) is 1. The Morgan fingerprint density at radius 2 is 1.96 bits per heavy atom. The van der Waals surface area contributed by atoms with Crippen LogP contribution in [0.5, 0.6) is 11.5 Å². The molecule has 1 heterocycles. The normalized spacial score (nSPS) is 14.1. The average Bonchev–Trinajstić information content (AvgIpc) is 2.80. The summed E-state index contributed by atoms with van der Waals surface area (Å²) >= 11 is 0. The van der Waals surface area contributed by atoms with Crippen LogP contribution < -0.4 is 20.5 Å². The first-order valence-electron chi connectivity index (χ1n) is 8.23. The second-order valence-corrected chi connectivity index (χ2v) is 5.84. The van der Waals surface area contributed by atoms with Crippen LogP contribution in [0.4, 0.5) is 5.69 Å². The number of aryl methyl sites for hydroxylation is 1. The molecule has 5 nitrogen and oxygen atoms in total. The van der Waals surface area contributed by atoms with E-state index in [0.29, 0.717) is 25.7 Å². The van der Waals surface area contributed by atoms with Crippen LogP contribution in [0.25, 0.3) is 0 Å². The second kappa shape index (κ2) is 7.73. The third kappa shape index (κ3) is 4.41. The van der Waals surface area contributed by atoms with Gasteiger partial charge in [0.15, 0.2) is 17.5 Å². The molecule has 0 bridgehead atoms. The Morgan fingerprint density at radius 3 is 2.79 bits per heavy atom. The van der Waals surface area contributed by atoms with E-state index in [9.17, 15) is 0 Å². The minimum Gasteiger partial charge on any atom is -0.490 e. The number of hydrogen-bond donors (Lipinski definition) is 2. The highest BCUT2D eigenvalue weighted by atomic mass is 16.5. The molecule has 0 amide bonds. The number of anilines is 1. The molecule has 0 fully saturated rings. The number of guanidine groups is 1. The maximum absolute atomic E-state index is 5.97. The first-order chi connectivity index (χ1) is 11.7. The van der Waals surface area contributed by atoms with Crippen molar-refractivity contribution in [3.8, 4) is 11.5 Å². The van der Waals surface area contributed by atoms with Gasteiger partial charge in [-0.15, -0.1) is 0 Å². The van der Waals surface area contributed by atoms with Gasteiger partial charge in [0.25, 0.3) is 0 Å². The van der Waals surface area contributed by atoms with Gasteiger partial charge in [0, 0.05) is 24.7 Å². The number of benzene rings is 2. The highest BCUT2D eigenvalue weighted by Gasteiger charge is 2.10. The van der Waals surface area contributed by atoms with Crippen LogP contribution >= 0.6 is 0 Å². The quantitative estimate of drug-likeness (QED) is 0.669. The molecule has 3 N–H and O–H groups in total. The van der Waals surface area contributed by atoms with Crippen molar-refractivity contribution in [1.29, 1.82) is 0 Å². The molecule has 1 aliphatic heterocycles. The Balaban J connectivity index is 1.58. The van der Waals surface area contributed by atoms with Crippen molar-refractivity contribution in [3.05, 3.63) is 53.6 Å². The minimum atomic E-state index is 0.400. The molecular formula is C19H23N3O2. The number of ether oxygens (including phenoxy) is 2. The zero-order valence-electron chi connectivity index (χ0n) is 13.9. The van der Waals surface area contributed by atoms with E-state index in [1.165, 1.54) is 11.1 Å². The van der Waals surface area contributed by atoms with Gasteiger partial charge in [-0.05, 0) is 31.0 Å². The summed E-state index contributed by atoms with van der Waals surface area (Å²) in [6.45, 7) is 4.08. The zero-order chi connectivity index (χ0) is 16.8. The largest absolute Gasteiger partial charge is 0.490 e. The predicted octanol–water partition coefficient (Wildman–Crippen LogP) is 3.13. The van der Waals surface area contributed by atoms with Crippen molar-refractivity contribution in [2.45, 2.75) is 19.8 Å². The summed E-state index contributed by atoms with van der Waals surface area (Å²) in [7, 11) is 0. The molecule has 126 valence electrons. The van der Waals surface area contributed by atoms with Crippen molar-refractivity contribution in [2.75, 3.05) is 25.1 Å². The average molecular weight is 325 g/mol. The lowest BCUT2D eigenvalue weighted by Gasteiger charge is -2.10. The molecule has 0 atom stereocenters. The fourth-order valence-corrected chi connectivity index (χ4v) is 2.60. The van der Waals surface area contributed by atoms with E-state index in [-0.39, 0.29) is 0 Å². The van der Waals surface area contributed by atoms with Crippen molar-refractivity contribution in [2.24, 2.45) is 10.7 Å². The van der Waals surface area contributed by atoms with Gasteiger partial charge in [0.05, 0.1) is 13.2 Å². The maximum Gasteiger partial charge on any atom is 0.193 e. The van der Waals surface area contributed by atoms with E-state index in [0.717, 1.165) is 30.0 Å². The Hall–Kier alpha value is -2.69. The van der Waals surface area contributed by atoms with Crippen LogP contribution in [0.1, 0.15) is 17.5 Å². The van der Waals surface area contributed by atoms with Gasteiger partial charge in [-0.2, -0.15) is 0 Å². The van der Waals surface area contributed by atoms with Gasteiger partial charge in [-0.3, -0.25) is 4.99 Å². The molecule has 0 saturated carbocycles. The fraction of sp³-hybridized carbons (Fsp3) is 0.316. The monoisotopic (exact) mass is 325 g/mol. The molecule has 3 rings (SSSR count). The topological polar surface area (TPSA) is 68.9 Å². The smallest absolute Gasteiger partial charge is 0.193 e. The molecular weight excluding hydrogens is 302 g/mol. The van der Waals surface area contributed by atoms with Crippen molar-refractivity contribution < 1.29 is 9.47 Å². The summed E-state index contributed by atoms with van der Waals surface area (Å²) < 4.78 is 11.3. The van der Waals surface area contributed by atoms with Gasteiger partial charge in [-0.25, -0.2) is 0 Å². The Labute approximate surface area is 142 Å². The van der Waals surface area contributed by atoms with E-state index in [4.69, 9.17) is 15.2 Å². The van der Waals surface area contributed by atoms with Crippen LogP contribution in [0.15, 0.2) is 47.5 Å². The molecule has 0 aromatic heterocycles. The maximum atomic E-state index is 5.97. The molecule has 0 spiro atoms. The highest BCUT2D eigenvalue weighted by Crippen LogP contribution is 2.32. The van der Waals surface area contributed by atoms with Crippen LogP contribution in [0, 0.1) is 6.92 Å². The summed E-state index contributed by atoms with van der Waals surface area (Å²) in [5.74, 6) is 1.91. The lowest BCUT2D eigenvalue weighted by molar-refractivity contribution is 0.297. The van der Waals surface area contributed by atoms with E-state index >= 15 is 0 Å². The molecule has 2 aromatic carbocycles. The Morgan fingerprint density at radius 1 is 1.12 bits per heavy atom. The molecule has 5 heteroatoms. The minimum absolute atomic E-state index is 0.400. The number of fused-ring (bicyclic) bond motifs is 1.